The molecule has 2 rings (SSSR count). The van der Waals surface area contributed by atoms with E-state index in [1.165, 1.54) is 17.9 Å². The smallest absolute Gasteiger partial charge is 0.267 e. The minimum absolute atomic E-state index is 0.184. The summed E-state index contributed by atoms with van der Waals surface area (Å²) in [5.41, 5.74) is 1.56. The predicted molar refractivity (Wildman–Crippen MR) is 72.6 cm³/mol. The Morgan fingerprint density at radius 2 is 2.21 bits per heavy atom. The molecule has 0 saturated heterocycles. The average Bonchev–Trinajstić information content (AvgIpc) is 2.42. The fourth-order valence-corrected chi connectivity index (χ4v) is 1.68. The maximum absolute atomic E-state index is 11.7. The number of hydrogen-bond acceptors (Lipinski definition) is 5. The van der Waals surface area contributed by atoms with Crippen molar-refractivity contribution in [3.05, 3.63) is 46.5 Å². The molecule has 0 fully saturated rings. The van der Waals surface area contributed by atoms with Crippen molar-refractivity contribution in [2.45, 2.75) is 13.5 Å². The van der Waals surface area contributed by atoms with Crippen LogP contribution in [0.5, 0.6) is 5.88 Å². The van der Waals surface area contributed by atoms with Crippen LogP contribution in [0.2, 0.25) is 0 Å². The van der Waals surface area contributed by atoms with Gasteiger partial charge in [-0.15, -0.1) is 5.10 Å². The molecule has 2 heterocycles. The van der Waals surface area contributed by atoms with Crippen molar-refractivity contribution in [2.24, 2.45) is 0 Å². The molecule has 1 N–H and O–H groups in total. The summed E-state index contributed by atoms with van der Waals surface area (Å²) >= 11 is 0. The summed E-state index contributed by atoms with van der Waals surface area (Å²) in [5, 5.41) is 7.28. The molecule has 6 nitrogen and oxygen atoms in total. The van der Waals surface area contributed by atoms with E-state index >= 15 is 0 Å². The van der Waals surface area contributed by atoms with Gasteiger partial charge >= 0.3 is 0 Å². The Morgan fingerprint density at radius 1 is 1.37 bits per heavy atom. The molecular weight excluding hydrogens is 244 g/mol. The van der Waals surface area contributed by atoms with Crippen LogP contribution in [0.1, 0.15) is 12.6 Å². The highest BCUT2D eigenvalue weighted by Crippen LogP contribution is 2.08. The van der Waals surface area contributed by atoms with Gasteiger partial charge < -0.3 is 10.1 Å². The average molecular weight is 260 g/mol. The molecule has 0 aliphatic carbocycles. The van der Waals surface area contributed by atoms with Crippen molar-refractivity contribution in [3.8, 4) is 5.88 Å². The van der Waals surface area contributed by atoms with Crippen molar-refractivity contribution < 1.29 is 4.74 Å². The van der Waals surface area contributed by atoms with Gasteiger partial charge in [-0.1, -0.05) is 0 Å². The second-order valence-corrected chi connectivity index (χ2v) is 3.94. The van der Waals surface area contributed by atoms with Crippen molar-refractivity contribution in [1.82, 2.24) is 14.8 Å². The zero-order chi connectivity index (χ0) is 13.7. The van der Waals surface area contributed by atoms with E-state index in [4.69, 9.17) is 4.74 Å². The van der Waals surface area contributed by atoms with Crippen LogP contribution in [0.15, 0.2) is 35.3 Å². The third-order valence-corrected chi connectivity index (χ3v) is 2.56. The van der Waals surface area contributed by atoms with Gasteiger partial charge in [-0.05, 0) is 19.1 Å². The van der Waals surface area contributed by atoms with Gasteiger partial charge in [0.1, 0.15) is 0 Å². The summed E-state index contributed by atoms with van der Waals surface area (Å²) in [6.07, 6.45) is 1.71. The van der Waals surface area contributed by atoms with Gasteiger partial charge in [0.2, 0.25) is 5.88 Å². The standard InChI is InChI=1S/C13H16N4O2/c1-3-14-10-6-7-15-11(8-10)9-17-13(18)5-4-12(16-17)19-2/h4-8H,3,9H2,1-2H3,(H,14,15). The van der Waals surface area contributed by atoms with Gasteiger partial charge in [-0.25, -0.2) is 4.68 Å². The number of pyridine rings is 1. The Bertz CT molecular complexity index is 610. The lowest BCUT2D eigenvalue weighted by molar-refractivity contribution is 0.378. The summed E-state index contributed by atoms with van der Waals surface area (Å²) in [6, 6.07) is 6.76. The number of aromatic nitrogens is 3. The molecule has 0 bridgehead atoms. The maximum atomic E-state index is 11.7. The molecule has 2 aromatic rings. The van der Waals surface area contributed by atoms with E-state index in [9.17, 15) is 4.79 Å². The quantitative estimate of drug-likeness (QED) is 0.872. The third kappa shape index (κ3) is 3.31. The highest BCUT2D eigenvalue weighted by molar-refractivity contribution is 5.42. The van der Waals surface area contributed by atoms with E-state index in [2.05, 4.69) is 15.4 Å². The van der Waals surface area contributed by atoms with Crippen LogP contribution in [0, 0.1) is 0 Å². The van der Waals surface area contributed by atoms with Crippen LogP contribution < -0.4 is 15.6 Å². The first-order chi connectivity index (χ1) is 9.22. The number of nitrogens with zero attached hydrogens (tertiary/aromatic N) is 3. The fraction of sp³-hybridized carbons (Fsp3) is 0.308. The number of rotatable bonds is 5. The Balaban J connectivity index is 2.25. The molecule has 0 aromatic carbocycles. The molecule has 0 radical (unpaired) electrons. The van der Waals surface area contributed by atoms with Crippen molar-refractivity contribution in [2.75, 3.05) is 19.0 Å². The minimum atomic E-state index is -0.184. The summed E-state index contributed by atoms with van der Waals surface area (Å²) in [6.45, 7) is 3.17. The second kappa shape index (κ2) is 5.99. The number of nitrogens with one attached hydrogen (secondary N) is 1. The molecule has 0 spiro atoms. The normalized spacial score (nSPS) is 10.2. The van der Waals surface area contributed by atoms with Crippen LogP contribution in [0.25, 0.3) is 0 Å². The minimum Gasteiger partial charge on any atom is -0.480 e. The van der Waals surface area contributed by atoms with Crippen molar-refractivity contribution in [3.63, 3.8) is 0 Å². The topological polar surface area (TPSA) is 69.0 Å². The largest absolute Gasteiger partial charge is 0.480 e. The SMILES string of the molecule is CCNc1ccnc(Cn2nc(OC)ccc2=O)c1. The van der Waals surface area contributed by atoms with Crippen molar-refractivity contribution >= 4 is 5.69 Å². The molecule has 0 aliphatic heterocycles. The Morgan fingerprint density at radius 3 is 2.95 bits per heavy atom. The Kier molecular flexibility index (Phi) is 4.12. The van der Waals surface area contributed by atoms with Gasteiger partial charge in [-0.3, -0.25) is 9.78 Å². The lowest BCUT2D eigenvalue weighted by Crippen LogP contribution is -2.23. The summed E-state index contributed by atoms with van der Waals surface area (Å²) in [5.74, 6) is 0.405. The number of anilines is 1. The van der Waals surface area contributed by atoms with Gasteiger partial charge in [0, 0.05) is 30.6 Å². The second-order valence-electron chi connectivity index (χ2n) is 3.94. The molecule has 19 heavy (non-hydrogen) atoms. The zero-order valence-electron chi connectivity index (χ0n) is 11.0. The van der Waals surface area contributed by atoms with Gasteiger partial charge in [0.25, 0.3) is 5.56 Å². The van der Waals surface area contributed by atoms with Crippen LogP contribution in [0.3, 0.4) is 0 Å². The maximum Gasteiger partial charge on any atom is 0.267 e. The van der Waals surface area contributed by atoms with E-state index in [1.54, 1.807) is 12.3 Å². The first kappa shape index (κ1) is 13.1. The number of hydrogen-bond donors (Lipinski definition) is 1. The van der Waals surface area contributed by atoms with E-state index < -0.39 is 0 Å². The van der Waals surface area contributed by atoms with E-state index in [-0.39, 0.29) is 5.56 Å². The molecule has 100 valence electrons. The monoisotopic (exact) mass is 260 g/mol. The van der Waals surface area contributed by atoms with E-state index in [0.717, 1.165) is 17.9 Å². The van der Waals surface area contributed by atoms with E-state index in [1.807, 2.05) is 19.1 Å². The molecule has 0 saturated carbocycles. The lowest BCUT2D eigenvalue weighted by Gasteiger charge is -2.07. The molecular formula is C13H16N4O2. The number of methoxy groups -OCH3 is 1. The lowest BCUT2D eigenvalue weighted by atomic mass is 10.3. The molecule has 2 aromatic heterocycles. The first-order valence-electron chi connectivity index (χ1n) is 6.04. The molecule has 6 heteroatoms. The predicted octanol–water partition coefficient (Wildman–Crippen LogP) is 1.13. The van der Waals surface area contributed by atoms with Crippen LogP contribution in [-0.2, 0) is 6.54 Å². The van der Waals surface area contributed by atoms with Gasteiger partial charge in [0.05, 0.1) is 19.3 Å². The summed E-state index contributed by atoms with van der Waals surface area (Å²) < 4.78 is 6.34. The van der Waals surface area contributed by atoms with Crippen LogP contribution in [0.4, 0.5) is 5.69 Å². The zero-order valence-corrected chi connectivity index (χ0v) is 11.0. The van der Waals surface area contributed by atoms with Crippen molar-refractivity contribution in [1.29, 1.82) is 0 Å². The highest BCUT2D eigenvalue weighted by atomic mass is 16.5. The van der Waals surface area contributed by atoms with Crippen LogP contribution in [-0.4, -0.2) is 28.4 Å². The molecule has 0 aliphatic rings. The van der Waals surface area contributed by atoms with Gasteiger partial charge in [-0.2, -0.15) is 0 Å². The highest BCUT2D eigenvalue weighted by Gasteiger charge is 2.03. The Labute approximate surface area is 111 Å². The third-order valence-electron chi connectivity index (χ3n) is 2.56. The molecule has 0 amide bonds. The summed E-state index contributed by atoms with van der Waals surface area (Å²) in [7, 11) is 1.52. The first-order valence-corrected chi connectivity index (χ1v) is 6.04. The fourth-order valence-electron chi connectivity index (χ4n) is 1.68. The summed E-state index contributed by atoms with van der Waals surface area (Å²) in [4.78, 5) is 15.9. The van der Waals surface area contributed by atoms with Gasteiger partial charge in [0.15, 0.2) is 0 Å². The van der Waals surface area contributed by atoms with E-state index in [0.29, 0.717) is 12.4 Å². The number of ether oxygens (including phenoxy) is 1. The molecule has 0 unspecified atom stereocenters. The molecule has 0 atom stereocenters. The van der Waals surface area contributed by atoms with Crippen LogP contribution >= 0.6 is 0 Å². The Hall–Kier alpha value is -2.37.